The van der Waals surface area contributed by atoms with Crippen molar-refractivity contribution in [3.8, 4) is 0 Å². The van der Waals surface area contributed by atoms with Crippen LogP contribution in [0.3, 0.4) is 0 Å². The SMILES string of the molecule is O=C(OCc1ccccc1)C1CCCC2(CN2)C1. The minimum Gasteiger partial charge on any atom is -0.461 e. The van der Waals surface area contributed by atoms with Gasteiger partial charge in [-0.3, -0.25) is 4.79 Å². The predicted octanol–water partition coefficient (Wildman–Crippen LogP) is 2.26. The average molecular weight is 245 g/mol. The van der Waals surface area contributed by atoms with Crippen LogP contribution in [0.15, 0.2) is 30.3 Å². The zero-order valence-corrected chi connectivity index (χ0v) is 10.5. The lowest BCUT2D eigenvalue weighted by molar-refractivity contribution is -0.151. The number of esters is 1. The van der Waals surface area contributed by atoms with Crippen LogP contribution in [0.25, 0.3) is 0 Å². The van der Waals surface area contributed by atoms with Crippen LogP contribution in [0.4, 0.5) is 0 Å². The first-order valence-corrected chi connectivity index (χ1v) is 6.73. The molecule has 3 nitrogen and oxygen atoms in total. The summed E-state index contributed by atoms with van der Waals surface area (Å²) in [5.41, 5.74) is 1.34. The lowest BCUT2D eigenvalue weighted by Crippen LogP contribution is -2.31. The van der Waals surface area contributed by atoms with E-state index in [0.717, 1.165) is 31.4 Å². The Morgan fingerprint density at radius 3 is 2.89 bits per heavy atom. The van der Waals surface area contributed by atoms with Gasteiger partial charge in [0, 0.05) is 12.1 Å². The van der Waals surface area contributed by atoms with E-state index in [0.29, 0.717) is 6.61 Å². The number of carbonyl (C=O) groups is 1. The maximum atomic E-state index is 12.0. The Morgan fingerprint density at radius 2 is 2.17 bits per heavy atom. The Labute approximate surface area is 108 Å². The molecule has 1 heterocycles. The molecule has 2 fully saturated rings. The molecule has 0 bridgehead atoms. The minimum atomic E-state index is -0.0216. The van der Waals surface area contributed by atoms with Crippen LogP contribution in [-0.2, 0) is 16.1 Å². The number of hydrogen-bond acceptors (Lipinski definition) is 3. The van der Waals surface area contributed by atoms with Crippen molar-refractivity contribution in [2.75, 3.05) is 6.54 Å². The highest BCUT2D eigenvalue weighted by atomic mass is 16.5. The maximum absolute atomic E-state index is 12.0. The highest BCUT2D eigenvalue weighted by Crippen LogP contribution is 2.38. The van der Waals surface area contributed by atoms with Gasteiger partial charge >= 0.3 is 5.97 Å². The summed E-state index contributed by atoms with van der Waals surface area (Å²) in [6.45, 7) is 1.48. The second-order valence-electron chi connectivity index (χ2n) is 5.52. The lowest BCUT2D eigenvalue weighted by atomic mass is 9.81. The van der Waals surface area contributed by atoms with E-state index in [4.69, 9.17) is 4.74 Å². The van der Waals surface area contributed by atoms with Crippen LogP contribution in [0.1, 0.15) is 31.2 Å². The summed E-state index contributed by atoms with van der Waals surface area (Å²) in [6, 6.07) is 9.87. The summed E-state index contributed by atoms with van der Waals surface area (Å²) in [6.07, 6.45) is 4.30. The maximum Gasteiger partial charge on any atom is 0.309 e. The third-order valence-corrected chi connectivity index (χ3v) is 4.08. The summed E-state index contributed by atoms with van der Waals surface area (Å²) in [5.74, 6) is 0.0732. The van der Waals surface area contributed by atoms with Gasteiger partial charge in [-0.2, -0.15) is 0 Å². The molecular formula is C15H19NO2. The summed E-state index contributed by atoms with van der Waals surface area (Å²) in [7, 11) is 0. The Morgan fingerprint density at radius 1 is 1.39 bits per heavy atom. The molecule has 3 rings (SSSR count). The molecule has 96 valence electrons. The van der Waals surface area contributed by atoms with Crippen LogP contribution in [0.2, 0.25) is 0 Å². The van der Waals surface area contributed by atoms with Crippen molar-refractivity contribution in [3.63, 3.8) is 0 Å². The fraction of sp³-hybridized carbons (Fsp3) is 0.533. The van der Waals surface area contributed by atoms with Gasteiger partial charge in [-0.05, 0) is 24.8 Å². The van der Waals surface area contributed by atoms with Gasteiger partial charge < -0.3 is 10.1 Å². The lowest BCUT2D eigenvalue weighted by Gasteiger charge is -2.26. The number of nitrogens with one attached hydrogen (secondary N) is 1. The number of ether oxygens (including phenoxy) is 1. The molecule has 1 aromatic carbocycles. The molecule has 1 saturated carbocycles. The highest BCUT2D eigenvalue weighted by molar-refractivity contribution is 5.72. The zero-order chi connectivity index (χ0) is 12.4. The predicted molar refractivity (Wildman–Crippen MR) is 68.9 cm³/mol. The van der Waals surface area contributed by atoms with Gasteiger partial charge in [0.2, 0.25) is 0 Å². The first-order valence-electron chi connectivity index (χ1n) is 6.73. The van der Waals surface area contributed by atoms with Crippen LogP contribution in [0.5, 0.6) is 0 Å². The number of carbonyl (C=O) groups excluding carboxylic acids is 1. The number of hydrogen-bond donors (Lipinski definition) is 1. The molecule has 1 aromatic rings. The zero-order valence-electron chi connectivity index (χ0n) is 10.5. The molecule has 3 heteroatoms. The van der Waals surface area contributed by atoms with E-state index in [1.165, 1.54) is 6.42 Å². The number of benzene rings is 1. The van der Waals surface area contributed by atoms with Crippen molar-refractivity contribution in [1.29, 1.82) is 0 Å². The number of rotatable bonds is 3. The molecule has 18 heavy (non-hydrogen) atoms. The highest BCUT2D eigenvalue weighted by Gasteiger charge is 2.47. The Balaban J connectivity index is 1.52. The Bertz CT molecular complexity index is 425. The van der Waals surface area contributed by atoms with Crippen molar-refractivity contribution in [3.05, 3.63) is 35.9 Å². The normalized spacial score (nSPS) is 30.1. The molecule has 2 aliphatic rings. The van der Waals surface area contributed by atoms with Crippen molar-refractivity contribution < 1.29 is 9.53 Å². The largest absolute Gasteiger partial charge is 0.461 e. The van der Waals surface area contributed by atoms with Gasteiger partial charge in [0.05, 0.1) is 5.92 Å². The van der Waals surface area contributed by atoms with Crippen molar-refractivity contribution in [1.82, 2.24) is 5.32 Å². The summed E-state index contributed by atoms with van der Waals surface area (Å²) >= 11 is 0. The monoisotopic (exact) mass is 245 g/mol. The van der Waals surface area contributed by atoms with Gasteiger partial charge in [0.1, 0.15) is 6.61 Å². The molecule has 0 aromatic heterocycles. The van der Waals surface area contributed by atoms with Crippen LogP contribution in [0, 0.1) is 5.92 Å². The Kier molecular flexibility index (Phi) is 3.08. The second kappa shape index (κ2) is 4.73. The quantitative estimate of drug-likeness (QED) is 0.656. The van der Waals surface area contributed by atoms with E-state index in [-0.39, 0.29) is 17.4 Å². The summed E-state index contributed by atoms with van der Waals surface area (Å²) in [5, 5.41) is 3.40. The summed E-state index contributed by atoms with van der Waals surface area (Å²) < 4.78 is 5.42. The molecular weight excluding hydrogens is 226 g/mol. The molecule has 1 spiro atoms. The van der Waals surface area contributed by atoms with Gasteiger partial charge in [-0.1, -0.05) is 36.8 Å². The Hall–Kier alpha value is -1.35. The van der Waals surface area contributed by atoms with Crippen molar-refractivity contribution >= 4 is 5.97 Å². The molecule has 1 N–H and O–H groups in total. The van der Waals surface area contributed by atoms with E-state index in [9.17, 15) is 4.79 Å². The molecule has 1 aliphatic carbocycles. The van der Waals surface area contributed by atoms with E-state index in [1.54, 1.807) is 0 Å². The molecule has 1 aliphatic heterocycles. The molecule has 0 radical (unpaired) electrons. The van der Waals surface area contributed by atoms with Crippen LogP contribution >= 0.6 is 0 Å². The average Bonchev–Trinajstić information content (AvgIpc) is 3.16. The smallest absolute Gasteiger partial charge is 0.309 e. The van der Waals surface area contributed by atoms with Crippen LogP contribution in [-0.4, -0.2) is 18.1 Å². The van der Waals surface area contributed by atoms with Crippen LogP contribution < -0.4 is 5.32 Å². The van der Waals surface area contributed by atoms with Gasteiger partial charge in [0.15, 0.2) is 0 Å². The minimum absolute atomic E-state index is 0.0216. The molecule has 2 unspecified atom stereocenters. The topological polar surface area (TPSA) is 48.2 Å². The van der Waals surface area contributed by atoms with Gasteiger partial charge in [-0.25, -0.2) is 0 Å². The van der Waals surface area contributed by atoms with E-state index in [2.05, 4.69) is 5.32 Å². The van der Waals surface area contributed by atoms with Gasteiger partial charge in [0.25, 0.3) is 0 Å². The first kappa shape index (κ1) is 11.7. The third-order valence-electron chi connectivity index (χ3n) is 4.08. The van der Waals surface area contributed by atoms with E-state index >= 15 is 0 Å². The standard InChI is InChI=1S/C15H19NO2/c17-14(18-10-12-5-2-1-3-6-12)13-7-4-8-15(9-13)11-16-15/h1-3,5-6,13,16H,4,7-11H2. The van der Waals surface area contributed by atoms with Gasteiger partial charge in [-0.15, -0.1) is 0 Å². The summed E-state index contributed by atoms with van der Waals surface area (Å²) in [4.78, 5) is 12.0. The van der Waals surface area contributed by atoms with Crippen molar-refractivity contribution in [2.24, 2.45) is 5.92 Å². The first-order chi connectivity index (χ1) is 8.77. The fourth-order valence-electron chi connectivity index (χ4n) is 2.86. The van der Waals surface area contributed by atoms with E-state index in [1.807, 2.05) is 30.3 Å². The van der Waals surface area contributed by atoms with E-state index < -0.39 is 0 Å². The molecule has 1 saturated heterocycles. The third kappa shape index (κ3) is 2.56. The molecule has 0 amide bonds. The van der Waals surface area contributed by atoms with Crippen molar-refractivity contribution in [2.45, 2.75) is 37.8 Å². The fourth-order valence-corrected chi connectivity index (χ4v) is 2.86. The molecule has 2 atom stereocenters. The second-order valence-corrected chi connectivity index (χ2v) is 5.52.